The lowest BCUT2D eigenvalue weighted by atomic mass is 10.2. The van der Waals surface area contributed by atoms with Crippen LogP contribution in [0.4, 0.5) is 10.1 Å². The smallest absolute Gasteiger partial charge is 0.266 e. The summed E-state index contributed by atoms with van der Waals surface area (Å²) in [6, 6.07) is 9.63. The highest BCUT2D eigenvalue weighted by Gasteiger charge is 2.32. The number of anilines is 1. The van der Waals surface area contributed by atoms with Crippen molar-refractivity contribution in [3.05, 3.63) is 65.1 Å². The van der Waals surface area contributed by atoms with Gasteiger partial charge in [-0.25, -0.2) is 4.39 Å². The van der Waals surface area contributed by atoms with Crippen LogP contribution in [0.3, 0.4) is 0 Å². The van der Waals surface area contributed by atoms with Gasteiger partial charge in [0.2, 0.25) is 5.91 Å². The third kappa shape index (κ3) is 4.33. The summed E-state index contributed by atoms with van der Waals surface area (Å²) >= 11 is 6.32. The van der Waals surface area contributed by atoms with E-state index in [0.717, 1.165) is 11.8 Å². The van der Waals surface area contributed by atoms with E-state index >= 15 is 0 Å². The molecule has 0 aliphatic carbocycles. The predicted molar refractivity (Wildman–Crippen MR) is 104 cm³/mol. The zero-order chi connectivity index (χ0) is 18.5. The van der Waals surface area contributed by atoms with Gasteiger partial charge in [0.25, 0.3) is 5.91 Å². The molecular weight excluding hydrogens is 373 g/mol. The van der Waals surface area contributed by atoms with Gasteiger partial charge in [-0.2, -0.15) is 0 Å². The topological polar surface area (TPSA) is 62.3 Å². The maximum atomic E-state index is 13.8. The van der Waals surface area contributed by atoms with Crippen LogP contribution in [0.25, 0.3) is 6.08 Å². The number of hydrogen-bond acceptors (Lipinski definition) is 5. The van der Waals surface area contributed by atoms with Crippen molar-refractivity contribution in [2.75, 3.05) is 11.9 Å². The first-order valence-corrected chi connectivity index (χ1v) is 8.97. The molecule has 0 unspecified atom stereocenters. The molecule has 5 nitrogen and oxygen atoms in total. The molecule has 1 aliphatic heterocycles. The lowest BCUT2D eigenvalue weighted by Crippen LogP contribution is -2.31. The average molecular weight is 387 g/mol. The number of aromatic nitrogens is 1. The maximum absolute atomic E-state index is 13.8. The molecule has 2 heterocycles. The number of carbonyl (C=O) groups is 2. The van der Waals surface area contributed by atoms with Crippen molar-refractivity contribution in [3.8, 4) is 0 Å². The molecule has 1 aromatic carbocycles. The predicted octanol–water partition coefficient (Wildman–Crippen LogP) is 3.45. The SMILES string of the molecule is O=C(CCN1C(=O)/C(=C\c2ccccc2F)SC1=S)Nc1cccnc1. The van der Waals surface area contributed by atoms with E-state index in [0.29, 0.717) is 20.5 Å². The molecule has 26 heavy (non-hydrogen) atoms. The summed E-state index contributed by atoms with van der Waals surface area (Å²) in [6.45, 7) is 0.158. The molecule has 3 rings (SSSR count). The number of thiocarbonyl (C=S) groups is 1. The second kappa shape index (κ2) is 8.20. The number of benzene rings is 1. The maximum Gasteiger partial charge on any atom is 0.266 e. The quantitative estimate of drug-likeness (QED) is 0.629. The minimum absolute atomic E-state index is 0.0916. The average Bonchev–Trinajstić information content (AvgIpc) is 2.89. The number of halogens is 1. The Hall–Kier alpha value is -2.58. The van der Waals surface area contributed by atoms with Gasteiger partial charge in [-0.05, 0) is 24.3 Å². The summed E-state index contributed by atoms with van der Waals surface area (Å²) < 4.78 is 14.1. The molecule has 1 aromatic heterocycles. The zero-order valence-electron chi connectivity index (χ0n) is 13.5. The number of rotatable bonds is 5. The van der Waals surface area contributed by atoms with Crippen molar-refractivity contribution in [2.24, 2.45) is 0 Å². The van der Waals surface area contributed by atoms with Crippen LogP contribution in [0.5, 0.6) is 0 Å². The molecule has 0 atom stereocenters. The molecule has 2 aromatic rings. The number of nitrogens with one attached hydrogen (secondary N) is 1. The van der Waals surface area contributed by atoms with Crippen molar-refractivity contribution in [2.45, 2.75) is 6.42 Å². The minimum Gasteiger partial charge on any atom is -0.325 e. The fraction of sp³-hybridized carbons (Fsp3) is 0.111. The Morgan fingerprint density at radius 2 is 2.12 bits per heavy atom. The Kier molecular flexibility index (Phi) is 5.75. The van der Waals surface area contributed by atoms with E-state index in [1.165, 1.54) is 23.2 Å². The number of thioether (sulfide) groups is 1. The first-order valence-electron chi connectivity index (χ1n) is 7.74. The largest absolute Gasteiger partial charge is 0.325 e. The number of nitrogens with zero attached hydrogens (tertiary/aromatic N) is 2. The molecule has 0 spiro atoms. The van der Waals surface area contributed by atoms with Crippen LogP contribution < -0.4 is 5.32 Å². The van der Waals surface area contributed by atoms with Crippen molar-refractivity contribution in [3.63, 3.8) is 0 Å². The monoisotopic (exact) mass is 387 g/mol. The Morgan fingerprint density at radius 3 is 2.85 bits per heavy atom. The second-order valence-corrected chi connectivity index (χ2v) is 7.07. The van der Waals surface area contributed by atoms with Crippen molar-refractivity contribution in [1.29, 1.82) is 0 Å². The van der Waals surface area contributed by atoms with E-state index in [-0.39, 0.29) is 24.8 Å². The van der Waals surface area contributed by atoms with Gasteiger partial charge in [-0.15, -0.1) is 0 Å². The van der Waals surface area contributed by atoms with Crippen molar-refractivity contribution < 1.29 is 14.0 Å². The Labute approximate surface area is 159 Å². The van der Waals surface area contributed by atoms with Crippen LogP contribution in [0, 0.1) is 5.82 Å². The molecule has 1 aliphatic rings. The first kappa shape index (κ1) is 18.2. The Morgan fingerprint density at radius 1 is 1.31 bits per heavy atom. The lowest BCUT2D eigenvalue weighted by molar-refractivity contribution is -0.122. The van der Waals surface area contributed by atoms with Gasteiger partial charge in [0.15, 0.2) is 0 Å². The van der Waals surface area contributed by atoms with Crippen LogP contribution in [0.15, 0.2) is 53.7 Å². The fourth-order valence-corrected chi connectivity index (χ4v) is 3.60. The summed E-state index contributed by atoms with van der Waals surface area (Å²) in [5.41, 5.74) is 0.907. The molecule has 132 valence electrons. The molecule has 1 fully saturated rings. The van der Waals surface area contributed by atoms with Gasteiger partial charge in [-0.1, -0.05) is 42.2 Å². The first-order chi connectivity index (χ1) is 12.5. The number of pyridine rings is 1. The third-order valence-corrected chi connectivity index (χ3v) is 4.95. The second-order valence-electron chi connectivity index (χ2n) is 5.39. The van der Waals surface area contributed by atoms with Crippen molar-refractivity contribution >= 4 is 51.9 Å². The van der Waals surface area contributed by atoms with E-state index in [1.54, 1.807) is 36.5 Å². The Bertz CT molecular complexity index is 887. The summed E-state index contributed by atoms with van der Waals surface area (Å²) in [5.74, 6) is -0.976. The van der Waals surface area contributed by atoms with Gasteiger partial charge >= 0.3 is 0 Å². The highest BCUT2D eigenvalue weighted by atomic mass is 32.2. The van der Waals surface area contributed by atoms with Crippen LogP contribution in [-0.2, 0) is 9.59 Å². The van der Waals surface area contributed by atoms with Crippen LogP contribution >= 0.6 is 24.0 Å². The lowest BCUT2D eigenvalue weighted by Gasteiger charge is -2.14. The molecule has 8 heteroatoms. The number of hydrogen-bond donors (Lipinski definition) is 1. The number of amides is 2. The summed E-state index contributed by atoms with van der Waals surface area (Å²) in [4.78, 5) is 30.1. The molecule has 1 N–H and O–H groups in total. The highest BCUT2D eigenvalue weighted by Crippen LogP contribution is 2.33. The molecule has 1 saturated heterocycles. The van der Waals surface area contributed by atoms with Crippen LogP contribution in [0.2, 0.25) is 0 Å². The zero-order valence-corrected chi connectivity index (χ0v) is 15.1. The minimum atomic E-state index is -0.409. The van der Waals surface area contributed by atoms with E-state index in [9.17, 15) is 14.0 Å². The van der Waals surface area contributed by atoms with Crippen molar-refractivity contribution in [1.82, 2.24) is 9.88 Å². The third-order valence-electron chi connectivity index (χ3n) is 3.57. The molecule has 2 amide bonds. The van der Waals surface area contributed by atoms with E-state index < -0.39 is 5.82 Å². The van der Waals surface area contributed by atoms with E-state index in [4.69, 9.17) is 12.2 Å². The summed E-state index contributed by atoms with van der Waals surface area (Å²) in [5, 5.41) is 2.70. The van der Waals surface area contributed by atoms with Crippen LogP contribution in [0.1, 0.15) is 12.0 Å². The summed E-state index contributed by atoms with van der Waals surface area (Å²) in [6.07, 6.45) is 4.71. The van der Waals surface area contributed by atoms with Gasteiger partial charge in [0.1, 0.15) is 10.1 Å². The number of carbonyl (C=O) groups excluding carboxylic acids is 2. The normalized spacial score (nSPS) is 15.6. The van der Waals surface area contributed by atoms with Gasteiger partial charge in [-0.3, -0.25) is 19.5 Å². The molecule has 0 saturated carbocycles. The van der Waals surface area contributed by atoms with E-state index in [1.807, 2.05) is 0 Å². The van der Waals surface area contributed by atoms with Gasteiger partial charge in [0, 0.05) is 24.7 Å². The van der Waals surface area contributed by atoms with Gasteiger partial charge in [0.05, 0.1) is 16.8 Å². The molecule has 0 radical (unpaired) electrons. The van der Waals surface area contributed by atoms with E-state index in [2.05, 4.69) is 10.3 Å². The standard InChI is InChI=1S/C18H14FN3O2S2/c19-14-6-2-1-4-12(14)10-15-17(24)22(18(25)26-15)9-7-16(23)21-13-5-3-8-20-11-13/h1-6,8,10-11H,7,9H2,(H,21,23)/b15-10+. The molecular formula is C18H14FN3O2S2. The molecule has 0 bridgehead atoms. The summed E-state index contributed by atoms with van der Waals surface area (Å²) in [7, 11) is 0. The van der Waals surface area contributed by atoms with Gasteiger partial charge < -0.3 is 5.32 Å². The van der Waals surface area contributed by atoms with Crippen LogP contribution in [-0.4, -0.2) is 32.6 Å². The fourth-order valence-electron chi connectivity index (χ4n) is 2.30. The highest BCUT2D eigenvalue weighted by molar-refractivity contribution is 8.26. The Balaban J connectivity index is 1.62.